The average Bonchev–Trinajstić information content (AvgIpc) is 2.87. The Morgan fingerprint density at radius 2 is 2.18 bits per heavy atom. The van der Waals surface area contributed by atoms with Crippen LogP contribution in [0.1, 0.15) is 40.2 Å². The molecule has 2 aromatic rings. The quantitative estimate of drug-likeness (QED) is 0.625. The van der Waals surface area contributed by atoms with E-state index in [-0.39, 0.29) is 17.2 Å². The number of nitro groups is 1. The predicted molar refractivity (Wildman–Crippen MR) is 76.9 cm³/mol. The van der Waals surface area contributed by atoms with Crippen LogP contribution in [-0.2, 0) is 6.42 Å². The van der Waals surface area contributed by atoms with Gasteiger partial charge >= 0.3 is 0 Å². The molecule has 0 aliphatic heterocycles. The summed E-state index contributed by atoms with van der Waals surface area (Å²) in [6.45, 7) is 1.66. The Hall–Kier alpha value is -3.01. The predicted octanol–water partition coefficient (Wildman–Crippen LogP) is 2.48. The van der Waals surface area contributed by atoms with Crippen LogP contribution in [0.3, 0.4) is 0 Å². The van der Waals surface area contributed by atoms with Crippen LogP contribution in [0, 0.1) is 28.4 Å². The van der Waals surface area contributed by atoms with E-state index in [0.29, 0.717) is 41.8 Å². The van der Waals surface area contributed by atoms with Crippen molar-refractivity contribution in [2.45, 2.75) is 26.2 Å². The number of Topliss-reactive ketones (excluding diaryl/α,β-unsaturated/α-hetero) is 1. The molecule has 0 amide bonds. The van der Waals surface area contributed by atoms with E-state index in [4.69, 9.17) is 0 Å². The summed E-state index contributed by atoms with van der Waals surface area (Å²) in [5.41, 5.74) is 2.13. The van der Waals surface area contributed by atoms with Crippen LogP contribution in [0.2, 0.25) is 0 Å². The zero-order chi connectivity index (χ0) is 15.9. The molecule has 0 unspecified atom stereocenters. The van der Waals surface area contributed by atoms with Gasteiger partial charge in [-0.1, -0.05) is 6.07 Å². The van der Waals surface area contributed by atoms with Gasteiger partial charge in [-0.25, -0.2) is 4.68 Å². The van der Waals surface area contributed by atoms with Gasteiger partial charge in [0, 0.05) is 18.1 Å². The summed E-state index contributed by atoms with van der Waals surface area (Å²) in [4.78, 5) is 22.7. The highest BCUT2D eigenvalue weighted by molar-refractivity contribution is 6.00. The van der Waals surface area contributed by atoms with E-state index in [9.17, 15) is 20.2 Å². The summed E-state index contributed by atoms with van der Waals surface area (Å²) in [5.74, 6) is -0.0920. The third-order valence-electron chi connectivity index (χ3n) is 3.82. The van der Waals surface area contributed by atoms with E-state index in [1.165, 1.54) is 10.7 Å². The van der Waals surface area contributed by atoms with Crippen LogP contribution in [0.5, 0.6) is 0 Å². The topological polar surface area (TPSA) is 102 Å². The number of carbonyl (C=O) groups excluding carboxylic acids is 1. The molecule has 22 heavy (non-hydrogen) atoms. The lowest BCUT2D eigenvalue weighted by Crippen LogP contribution is -2.13. The number of hydrogen-bond donors (Lipinski definition) is 0. The summed E-state index contributed by atoms with van der Waals surface area (Å²) >= 11 is 0. The summed E-state index contributed by atoms with van der Waals surface area (Å²) in [5, 5.41) is 24.4. The van der Waals surface area contributed by atoms with Gasteiger partial charge in [-0.05, 0) is 25.8 Å². The molecule has 0 N–H and O–H groups in total. The smallest absolute Gasteiger partial charge is 0.274 e. The van der Waals surface area contributed by atoms with Crippen LogP contribution in [0.4, 0.5) is 5.69 Å². The summed E-state index contributed by atoms with van der Waals surface area (Å²) in [6, 6.07) is 6.70. The van der Waals surface area contributed by atoms with Crippen molar-refractivity contribution >= 4 is 11.5 Å². The lowest BCUT2D eigenvalue weighted by molar-refractivity contribution is -0.385. The van der Waals surface area contributed by atoms with Gasteiger partial charge in [-0.15, -0.1) is 0 Å². The van der Waals surface area contributed by atoms with Crippen molar-refractivity contribution in [2.75, 3.05) is 0 Å². The summed E-state index contributed by atoms with van der Waals surface area (Å²) in [6.07, 6.45) is 1.72. The first-order valence-electron chi connectivity index (χ1n) is 6.83. The molecule has 0 bridgehead atoms. The molecule has 0 atom stereocenters. The van der Waals surface area contributed by atoms with Crippen molar-refractivity contribution in [3.63, 3.8) is 0 Å². The minimum atomic E-state index is -0.453. The second-order valence-corrected chi connectivity index (χ2v) is 5.20. The third-order valence-corrected chi connectivity index (χ3v) is 3.82. The largest absolute Gasteiger partial charge is 0.294 e. The van der Waals surface area contributed by atoms with E-state index in [1.54, 1.807) is 19.1 Å². The number of hydrogen-bond acceptors (Lipinski definition) is 5. The first-order valence-corrected chi connectivity index (χ1v) is 6.83. The molecule has 1 aromatic carbocycles. The Labute approximate surface area is 125 Å². The molecule has 7 heteroatoms. The fourth-order valence-corrected chi connectivity index (χ4v) is 2.74. The fraction of sp³-hybridized carbons (Fsp3) is 0.267. The number of nitrogens with zero attached hydrogens (tertiary/aromatic N) is 4. The molecule has 3 rings (SSSR count). The van der Waals surface area contributed by atoms with E-state index in [2.05, 4.69) is 5.10 Å². The molecule has 1 aliphatic rings. The average molecular weight is 296 g/mol. The van der Waals surface area contributed by atoms with Crippen molar-refractivity contribution < 1.29 is 9.72 Å². The lowest BCUT2D eigenvalue weighted by Gasteiger charge is -2.13. The molecule has 110 valence electrons. The maximum atomic E-state index is 12.0. The maximum absolute atomic E-state index is 12.0. The number of ketones is 1. The van der Waals surface area contributed by atoms with Crippen LogP contribution < -0.4 is 0 Å². The molecular weight excluding hydrogens is 284 g/mol. The van der Waals surface area contributed by atoms with E-state index >= 15 is 0 Å². The van der Waals surface area contributed by atoms with Gasteiger partial charge in [0.15, 0.2) is 11.5 Å². The van der Waals surface area contributed by atoms with Gasteiger partial charge in [0.2, 0.25) is 0 Å². The number of aryl methyl sites for hydroxylation is 1. The highest BCUT2D eigenvalue weighted by atomic mass is 16.6. The zero-order valence-electron chi connectivity index (χ0n) is 11.9. The molecule has 0 saturated heterocycles. The number of fused-ring (bicyclic) bond motifs is 1. The molecular formula is C15H12N4O3. The first kappa shape index (κ1) is 13.9. The summed E-state index contributed by atoms with van der Waals surface area (Å²) in [7, 11) is 0. The SMILES string of the molecule is Cc1ccc(-n2nc(C#N)c3c2CCCC3=O)cc1[N+](=O)[O-]. The highest BCUT2D eigenvalue weighted by Gasteiger charge is 2.28. The number of carbonyl (C=O) groups is 1. The number of benzene rings is 1. The molecule has 0 fully saturated rings. The van der Waals surface area contributed by atoms with Gasteiger partial charge in [0.1, 0.15) is 6.07 Å². The van der Waals surface area contributed by atoms with E-state index < -0.39 is 4.92 Å². The van der Waals surface area contributed by atoms with Gasteiger partial charge in [0.05, 0.1) is 21.9 Å². The second kappa shape index (κ2) is 5.07. The first-order chi connectivity index (χ1) is 10.5. The van der Waals surface area contributed by atoms with Crippen molar-refractivity contribution in [1.29, 1.82) is 5.26 Å². The Bertz CT molecular complexity index is 845. The Morgan fingerprint density at radius 1 is 1.41 bits per heavy atom. The molecule has 1 heterocycles. The minimum absolute atomic E-state index is 0.0117. The lowest BCUT2D eigenvalue weighted by atomic mass is 9.94. The maximum Gasteiger partial charge on any atom is 0.274 e. The molecule has 0 saturated carbocycles. The molecule has 0 radical (unpaired) electrons. The summed E-state index contributed by atoms with van der Waals surface area (Å²) < 4.78 is 1.48. The van der Waals surface area contributed by atoms with Crippen molar-refractivity contribution in [1.82, 2.24) is 9.78 Å². The minimum Gasteiger partial charge on any atom is -0.294 e. The Balaban J connectivity index is 2.22. The van der Waals surface area contributed by atoms with Gasteiger partial charge in [-0.2, -0.15) is 10.4 Å². The number of aromatic nitrogens is 2. The fourth-order valence-electron chi connectivity index (χ4n) is 2.74. The van der Waals surface area contributed by atoms with Crippen molar-refractivity contribution in [2.24, 2.45) is 0 Å². The third kappa shape index (κ3) is 2.05. The number of nitriles is 1. The van der Waals surface area contributed by atoms with Gasteiger partial charge in [-0.3, -0.25) is 14.9 Å². The van der Waals surface area contributed by atoms with Crippen LogP contribution in [0.25, 0.3) is 5.69 Å². The standard InChI is InChI=1S/C15H12N4O3/c1-9-5-6-10(7-13(9)19(21)22)18-12-3-2-4-14(20)15(12)11(8-16)17-18/h5-7H,2-4H2,1H3. The van der Waals surface area contributed by atoms with Crippen LogP contribution >= 0.6 is 0 Å². The number of rotatable bonds is 2. The van der Waals surface area contributed by atoms with Gasteiger partial charge < -0.3 is 0 Å². The molecule has 1 aliphatic carbocycles. The molecule has 1 aromatic heterocycles. The molecule has 0 spiro atoms. The Morgan fingerprint density at radius 3 is 2.86 bits per heavy atom. The second-order valence-electron chi connectivity index (χ2n) is 5.20. The Kier molecular flexibility index (Phi) is 3.22. The number of nitro benzene ring substituents is 1. The van der Waals surface area contributed by atoms with Crippen LogP contribution in [0.15, 0.2) is 18.2 Å². The monoisotopic (exact) mass is 296 g/mol. The normalized spacial score (nSPS) is 13.5. The van der Waals surface area contributed by atoms with E-state index in [0.717, 1.165) is 0 Å². The van der Waals surface area contributed by atoms with Crippen molar-refractivity contribution in [3.05, 3.63) is 50.8 Å². The van der Waals surface area contributed by atoms with Crippen molar-refractivity contribution in [3.8, 4) is 11.8 Å². The molecule has 7 nitrogen and oxygen atoms in total. The van der Waals surface area contributed by atoms with E-state index in [1.807, 2.05) is 6.07 Å². The zero-order valence-corrected chi connectivity index (χ0v) is 11.9. The van der Waals surface area contributed by atoms with Gasteiger partial charge in [0.25, 0.3) is 5.69 Å². The van der Waals surface area contributed by atoms with Crippen LogP contribution in [-0.4, -0.2) is 20.5 Å². The highest BCUT2D eigenvalue weighted by Crippen LogP contribution is 2.28.